The van der Waals surface area contributed by atoms with Crippen LogP contribution in [0.4, 0.5) is 5.69 Å². The van der Waals surface area contributed by atoms with Crippen LogP contribution in [0.15, 0.2) is 54.7 Å². The summed E-state index contributed by atoms with van der Waals surface area (Å²) in [5.41, 5.74) is 7.45. The topological polar surface area (TPSA) is 87.0 Å². The van der Waals surface area contributed by atoms with Gasteiger partial charge in [-0.25, -0.2) is 4.79 Å². The van der Waals surface area contributed by atoms with Gasteiger partial charge in [0.1, 0.15) is 5.69 Å². The number of aromatic nitrogens is 4. The molecule has 0 saturated carbocycles. The molecule has 0 spiro atoms. The maximum absolute atomic E-state index is 11.6. The Kier molecular flexibility index (Phi) is 4.17. The average Bonchev–Trinajstić information content (AvgIpc) is 3.32. The molecule has 0 atom stereocenters. The fourth-order valence-corrected chi connectivity index (χ4v) is 4.22. The lowest BCUT2D eigenvalue weighted by Gasteiger charge is -2.25. The van der Waals surface area contributed by atoms with Gasteiger partial charge in [-0.3, -0.25) is 9.67 Å². The number of para-hydroxylation sites is 1. The van der Waals surface area contributed by atoms with Gasteiger partial charge in [-0.1, -0.05) is 24.3 Å². The Morgan fingerprint density at radius 2 is 2.03 bits per heavy atom. The van der Waals surface area contributed by atoms with Crippen molar-refractivity contribution in [2.45, 2.75) is 12.8 Å². The molecule has 2 N–H and O–H groups in total. The summed E-state index contributed by atoms with van der Waals surface area (Å²) in [6.07, 6.45) is 5.54. The van der Waals surface area contributed by atoms with Crippen molar-refractivity contribution in [2.75, 3.05) is 11.9 Å². The van der Waals surface area contributed by atoms with E-state index in [2.05, 4.69) is 40.1 Å². The highest BCUT2D eigenvalue weighted by molar-refractivity contribution is 6.02. The minimum atomic E-state index is -0.974. The number of hydrogen-bond donors (Lipinski definition) is 2. The molecule has 5 rings (SSSR count). The Hall–Kier alpha value is -3.87. The highest BCUT2D eigenvalue weighted by Crippen LogP contribution is 2.37. The molecule has 4 aromatic rings. The van der Waals surface area contributed by atoms with Crippen LogP contribution < -0.4 is 4.90 Å². The van der Waals surface area contributed by atoms with E-state index in [1.165, 1.54) is 12.3 Å². The number of aryl methyl sites for hydroxylation is 1. The minimum absolute atomic E-state index is 0.215. The van der Waals surface area contributed by atoms with Crippen molar-refractivity contribution in [1.82, 2.24) is 19.7 Å². The van der Waals surface area contributed by atoms with Gasteiger partial charge >= 0.3 is 5.97 Å². The standard InChI is InChI=1S/C23H21N5O2/c1-27(14-7-4-3-5-8-14)19-10-6-9-15-21(19)26-28(2)22(15)18-13-17-20(25-18)16(23(29)30)11-12-24-17/h3-5,7-8,10-13,25H,6,9H2,1-2H3,(H,29,30). The van der Waals surface area contributed by atoms with E-state index in [1.807, 2.05) is 36.0 Å². The Morgan fingerprint density at radius 3 is 2.80 bits per heavy atom. The van der Waals surface area contributed by atoms with Crippen LogP contribution in [-0.4, -0.2) is 37.9 Å². The molecule has 30 heavy (non-hydrogen) atoms. The van der Waals surface area contributed by atoms with Crippen molar-refractivity contribution < 1.29 is 9.90 Å². The predicted octanol–water partition coefficient (Wildman–Crippen LogP) is 4.09. The number of nitrogens with zero attached hydrogens (tertiary/aromatic N) is 4. The normalized spacial score (nSPS) is 13.2. The third-order valence-corrected chi connectivity index (χ3v) is 5.63. The number of nitrogens with one attached hydrogen (secondary N) is 1. The highest BCUT2D eigenvalue weighted by atomic mass is 16.4. The van der Waals surface area contributed by atoms with Crippen LogP contribution in [0, 0.1) is 0 Å². The zero-order chi connectivity index (χ0) is 20.8. The molecular formula is C23H21N5O2. The summed E-state index contributed by atoms with van der Waals surface area (Å²) >= 11 is 0. The van der Waals surface area contributed by atoms with Crippen molar-refractivity contribution in [3.05, 3.63) is 71.6 Å². The Labute approximate surface area is 173 Å². The summed E-state index contributed by atoms with van der Waals surface area (Å²) < 4.78 is 1.87. The summed E-state index contributed by atoms with van der Waals surface area (Å²) in [5.74, 6) is -0.974. The van der Waals surface area contributed by atoms with Gasteiger partial charge in [0.25, 0.3) is 0 Å². The molecule has 0 fully saturated rings. The Balaban J connectivity index is 1.63. The first kappa shape index (κ1) is 18.2. The van der Waals surface area contributed by atoms with E-state index in [1.54, 1.807) is 0 Å². The first-order valence-electron chi connectivity index (χ1n) is 9.81. The van der Waals surface area contributed by atoms with Gasteiger partial charge in [-0.2, -0.15) is 5.10 Å². The molecular weight excluding hydrogens is 378 g/mol. The number of carbonyl (C=O) groups is 1. The van der Waals surface area contributed by atoms with Crippen LogP contribution in [0.2, 0.25) is 0 Å². The number of H-pyrrole nitrogens is 1. The fourth-order valence-electron chi connectivity index (χ4n) is 4.22. The second kappa shape index (κ2) is 6.88. The van der Waals surface area contributed by atoms with E-state index in [9.17, 15) is 9.90 Å². The molecule has 150 valence electrons. The van der Waals surface area contributed by atoms with Gasteiger partial charge < -0.3 is 15.0 Å². The van der Waals surface area contributed by atoms with Gasteiger partial charge in [0, 0.05) is 31.5 Å². The van der Waals surface area contributed by atoms with Crippen LogP contribution in [0.5, 0.6) is 0 Å². The minimum Gasteiger partial charge on any atom is -0.478 e. The van der Waals surface area contributed by atoms with E-state index in [4.69, 9.17) is 5.10 Å². The van der Waals surface area contributed by atoms with Crippen LogP contribution in [-0.2, 0) is 13.5 Å². The number of aromatic carboxylic acids is 1. The number of carboxylic acid groups (broad SMARTS) is 1. The molecule has 0 aliphatic heterocycles. The predicted molar refractivity (Wildman–Crippen MR) is 116 cm³/mol. The van der Waals surface area contributed by atoms with Gasteiger partial charge in [-0.15, -0.1) is 0 Å². The summed E-state index contributed by atoms with van der Waals surface area (Å²) in [6, 6.07) is 13.6. The molecule has 0 amide bonds. The maximum atomic E-state index is 11.6. The zero-order valence-electron chi connectivity index (χ0n) is 16.8. The highest BCUT2D eigenvalue weighted by Gasteiger charge is 2.26. The van der Waals surface area contributed by atoms with Crippen LogP contribution >= 0.6 is 0 Å². The first-order valence-corrected chi connectivity index (χ1v) is 9.81. The number of anilines is 1. The molecule has 3 heterocycles. The van der Waals surface area contributed by atoms with Gasteiger partial charge in [-0.05, 0) is 37.1 Å². The average molecular weight is 399 g/mol. The molecule has 7 heteroatoms. The van der Waals surface area contributed by atoms with E-state index in [0.717, 1.165) is 46.9 Å². The fraction of sp³-hybridized carbons (Fsp3) is 0.174. The smallest absolute Gasteiger partial charge is 0.337 e. The second-order valence-electron chi connectivity index (χ2n) is 7.43. The monoisotopic (exact) mass is 399 g/mol. The molecule has 7 nitrogen and oxygen atoms in total. The van der Waals surface area contributed by atoms with Crippen molar-refractivity contribution in [3.63, 3.8) is 0 Å². The van der Waals surface area contributed by atoms with E-state index in [-0.39, 0.29) is 5.56 Å². The number of benzene rings is 1. The van der Waals surface area contributed by atoms with Gasteiger partial charge in [0.05, 0.1) is 33.7 Å². The van der Waals surface area contributed by atoms with Crippen LogP contribution in [0.3, 0.4) is 0 Å². The Morgan fingerprint density at radius 1 is 1.23 bits per heavy atom. The largest absolute Gasteiger partial charge is 0.478 e. The summed E-state index contributed by atoms with van der Waals surface area (Å²) in [7, 11) is 3.97. The number of fused-ring (bicyclic) bond motifs is 2. The number of allylic oxidation sites excluding steroid dienone is 1. The van der Waals surface area contributed by atoms with Crippen molar-refractivity contribution >= 4 is 28.4 Å². The summed E-state index contributed by atoms with van der Waals surface area (Å²) in [4.78, 5) is 21.4. The molecule has 1 aromatic carbocycles. The molecule has 0 bridgehead atoms. The quantitative estimate of drug-likeness (QED) is 0.540. The van der Waals surface area contributed by atoms with E-state index < -0.39 is 5.97 Å². The maximum Gasteiger partial charge on any atom is 0.337 e. The lowest BCUT2D eigenvalue weighted by molar-refractivity contribution is 0.0698. The SMILES string of the molecule is CN(C1=CCCc2c1nn(C)c2-c1cc2nccc(C(=O)O)c2[nH]1)c1ccccc1. The number of hydrogen-bond acceptors (Lipinski definition) is 4. The molecule has 1 aliphatic carbocycles. The summed E-state index contributed by atoms with van der Waals surface area (Å²) in [6.45, 7) is 0. The summed E-state index contributed by atoms with van der Waals surface area (Å²) in [5, 5.41) is 14.3. The van der Waals surface area contributed by atoms with Crippen molar-refractivity contribution in [3.8, 4) is 11.4 Å². The molecule has 0 unspecified atom stereocenters. The molecule has 3 aromatic heterocycles. The molecule has 1 aliphatic rings. The third kappa shape index (κ3) is 2.78. The van der Waals surface area contributed by atoms with Crippen molar-refractivity contribution in [2.24, 2.45) is 7.05 Å². The van der Waals surface area contributed by atoms with Crippen LogP contribution in [0.25, 0.3) is 28.1 Å². The zero-order valence-corrected chi connectivity index (χ0v) is 16.8. The van der Waals surface area contributed by atoms with E-state index in [0.29, 0.717) is 11.0 Å². The van der Waals surface area contributed by atoms with Crippen LogP contribution in [0.1, 0.15) is 28.0 Å². The lowest BCUT2D eigenvalue weighted by Crippen LogP contribution is -2.18. The number of aromatic amines is 1. The van der Waals surface area contributed by atoms with Gasteiger partial charge in [0.2, 0.25) is 0 Å². The molecule has 0 saturated heterocycles. The molecule has 0 radical (unpaired) electrons. The second-order valence-corrected chi connectivity index (χ2v) is 7.43. The Bertz CT molecular complexity index is 1300. The first-order chi connectivity index (χ1) is 14.5. The third-order valence-electron chi connectivity index (χ3n) is 5.63. The number of pyridine rings is 1. The van der Waals surface area contributed by atoms with Crippen molar-refractivity contribution in [1.29, 1.82) is 0 Å². The lowest BCUT2D eigenvalue weighted by atomic mass is 9.97. The number of rotatable bonds is 4. The van der Waals surface area contributed by atoms with E-state index >= 15 is 0 Å². The number of carboxylic acids is 1. The van der Waals surface area contributed by atoms with Gasteiger partial charge in [0.15, 0.2) is 0 Å².